The van der Waals surface area contributed by atoms with E-state index in [1.54, 1.807) is 0 Å². The van der Waals surface area contributed by atoms with Crippen LogP contribution in [0.2, 0.25) is 0 Å². The molecule has 0 aliphatic heterocycles. The van der Waals surface area contributed by atoms with Crippen LogP contribution in [0, 0.1) is 5.41 Å². The zero-order valence-electron chi connectivity index (χ0n) is 9.21. The second-order valence-electron chi connectivity index (χ2n) is 4.46. The second kappa shape index (κ2) is 4.55. The molecule has 0 atom stereocenters. The highest BCUT2D eigenvalue weighted by Gasteiger charge is 2.56. The molecule has 0 rings (SSSR count). The summed E-state index contributed by atoms with van der Waals surface area (Å²) in [6.07, 6.45) is -7.02. The van der Waals surface area contributed by atoms with Gasteiger partial charge in [-0.05, 0) is 0 Å². The molecular formula is C9H14F5NO. The lowest BCUT2D eigenvalue weighted by Gasteiger charge is -2.21. The van der Waals surface area contributed by atoms with Crippen molar-refractivity contribution in [2.24, 2.45) is 5.41 Å². The van der Waals surface area contributed by atoms with Crippen molar-refractivity contribution in [2.75, 3.05) is 6.54 Å². The highest BCUT2D eigenvalue weighted by Crippen LogP contribution is 2.37. The van der Waals surface area contributed by atoms with Gasteiger partial charge in [-0.1, -0.05) is 20.8 Å². The summed E-state index contributed by atoms with van der Waals surface area (Å²) in [4.78, 5) is 11.2. The Morgan fingerprint density at radius 2 is 1.50 bits per heavy atom. The summed E-state index contributed by atoms with van der Waals surface area (Å²) in [7, 11) is 0. The monoisotopic (exact) mass is 247 g/mol. The number of hydrogen-bond acceptors (Lipinski definition) is 1. The third-order valence-corrected chi connectivity index (χ3v) is 1.82. The predicted octanol–water partition coefficient (Wildman–Crippen LogP) is 2.74. The fourth-order valence-electron chi connectivity index (χ4n) is 0.740. The molecule has 2 nitrogen and oxygen atoms in total. The molecule has 0 aromatic rings. The van der Waals surface area contributed by atoms with Crippen LogP contribution in [-0.4, -0.2) is 24.6 Å². The Bertz CT molecular complexity index is 254. The smallest absolute Gasteiger partial charge is 0.355 e. The van der Waals surface area contributed by atoms with Crippen LogP contribution in [0.1, 0.15) is 27.2 Å². The number of halogens is 5. The van der Waals surface area contributed by atoms with E-state index >= 15 is 0 Å². The van der Waals surface area contributed by atoms with Crippen molar-refractivity contribution < 1.29 is 26.7 Å². The van der Waals surface area contributed by atoms with E-state index in [-0.39, 0.29) is 0 Å². The minimum atomic E-state index is -5.57. The lowest BCUT2D eigenvalue weighted by atomic mass is 9.95. The van der Waals surface area contributed by atoms with Gasteiger partial charge in [-0.3, -0.25) is 4.79 Å². The van der Waals surface area contributed by atoms with Gasteiger partial charge in [-0.2, -0.15) is 22.0 Å². The zero-order valence-corrected chi connectivity index (χ0v) is 9.21. The summed E-state index contributed by atoms with van der Waals surface area (Å²) in [5.41, 5.74) is -0.812. The second-order valence-corrected chi connectivity index (χ2v) is 4.46. The van der Waals surface area contributed by atoms with Gasteiger partial charge >= 0.3 is 12.1 Å². The summed E-state index contributed by atoms with van der Waals surface area (Å²) in [5.74, 6) is -5.33. The van der Waals surface area contributed by atoms with E-state index in [0.29, 0.717) is 0 Å². The third-order valence-electron chi connectivity index (χ3n) is 1.82. The van der Waals surface area contributed by atoms with Crippen LogP contribution >= 0.6 is 0 Å². The first-order chi connectivity index (χ1) is 6.88. The number of hydrogen-bond donors (Lipinski definition) is 1. The van der Waals surface area contributed by atoms with Crippen LogP contribution in [0.25, 0.3) is 0 Å². The Kier molecular flexibility index (Phi) is 4.30. The van der Waals surface area contributed by atoms with E-state index in [1.165, 1.54) is 20.8 Å². The minimum Gasteiger partial charge on any atom is -0.355 e. The van der Waals surface area contributed by atoms with Crippen molar-refractivity contribution in [3.05, 3.63) is 0 Å². The van der Waals surface area contributed by atoms with E-state index in [2.05, 4.69) is 0 Å². The molecule has 0 spiro atoms. The van der Waals surface area contributed by atoms with Gasteiger partial charge in [0.2, 0.25) is 5.91 Å². The van der Waals surface area contributed by atoms with E-state index in [4.69, 9.17) is 0 Å². The van der Waals surface area contributed by atoms with Crippen molar-refractivity contribution in [3.8, 4) is 0 Å². The molecule has 0 bridgehead atoms. The molecule has 0 aliphatic carbocycles. The van der Waals surface area contributed by atoms with E-state index in [9.17, 15) is 26.7 Å². The molecular weight excluding hydrogens is 233 g/mol. The fourth-order valence-corrected chi connectivity index (χ4v) is 0.740. The van der Waals surface area contributed by atoms with Crippen LogP contribution in [-0.2, 0) is 4.79 Å². The molecule has 0 aromatic heterocycles. The quantitative estimate of drug-likeness (QED) is 0.763. The van der Waals surface area contributed by atoms with Crippen LogP contribution in [0.4, 0.5) is 22.0 Å². The maximum atomic E-state index is 12.4. The highest BCUT2D eigenvalue weighted by atomic mass is 19.4. The first-order valence-corrected chi connectivity index (χ1v) is 4.61. The molecule has 0 fully saturated rings. The molecule has 0 radical (unpaired) electrons. The average Bonchev–Trinajstić information content (AvgIpc) is 1.99. The Morgan fingerprint density at radius 3 is 1.81 bits per heavy atom. The number of alkyl halides is 5. The molecule has 0 saturated carbocycles. The SMILES string of the molecule is CC(C)(C)C(=O)NCCC(F)(F)C(F)(F)F. The van der Waals surface area contributed by atoms with Crippen molar-refractivity contribution in [1.82, 2.24) is 5.32 Å². The van der Waals surface area contributed by atoms with Crippen molar-refractivity contribution >= 4 is 5.91 Å². The molecule has 0 unspecified atom stereocenters. The van der Waals surface area contributed by atoms with E-state index in [1.807, 2.05) is 5.32 Å². The summed E-state index contributed by atoms with van der Waals surface area (Å²) >= 11 is 0. The molecule has 0 saturated heterocycles. The first-order valence-electron chi connectivity index (χ1n) is 4.61. The number of rotatable bonds is 3. The number of amides is 1. The number of nitrogens with one attached hydrogen (secondary N) is 1. The van der Waals surface area contributed by atoms with Gasteiger partial charge in [0.25, 0.3) is 0 Å². The number of carbonyl (C=O) groups is 1. The normalized spacial score (nSPS) is 13.8. The molecule has 16 heavy (non-hydrogen) atoms. The molecule has 0 aliphatic rings. The van der Waals surface area contributed by atoms with Crippen molar-refractivity contribution in [1.29, 1.82) is 0 Å². The largest absolute Gasteiger partial charge is 0.453 e. The molecule has 96 valence electrons. The van der Waals surface area contributed by atoms with Crippen molar-refractivity contribution in [2.45, 2.75) is 39.3 Å². The van der Waals surface area contributed by atoms with Gasteiger partial charge in [-0.25, -0.2) is 0 Å². The van der Waals surface area contributed by atoms with Crippen LogP contribution in [0.15, 0.2) is 0 Å². The summed E-state index contributed by atoms with van der Waals surface area (Å²) in [6.45, 7) is 3.89. The highest BCUT2D eigenvalue weighted by molar-refractivity contribution is 5.81. The third kappa shape index (κ3) is 4.32. The first kappa shape index (κ1) is 15.1. The van der Waals surface area contributed by atoms with Crippen LogP contribution in [0.3, 0.4) is 0 Å². The lowest BCUT2D eigenvalue weighted by molar-refractivity contribution is -0.283. The zero-order chi connectivity index (χ0) is 13.2. The maximum absolute atomic E-state index is 12.4. The molecule has 0 aromatic carbocycles. The number of carbonyl (C=O) groups excluding carboxylic acids is 1. The van der Waals surface area contributed by atoms with Crippen LogP contribution < -0.4 is 5.32 Å². The van der Waals surface area contributed by atoms with E-state index < -0.39 is 36.4 Å². The van der Waals surface area contributed by atoms with E-state index in [0.717, 1.165) is 0 Å². The molecule has 7 heteroatoms. The topological polar surface area (TPSA) is 29.1 Å². The Hall–Kier alpha value is -0.880. The Morgan fingerprint density at radius 1 is 1.06 bits per heavy atom. The van der Waals surface area contributed by atoms with Crippen LogP contribution in [0.5, 0.6) is 0 Å². The Balaban J connectivity index is 4.15. The van der Waals surface area contributed by atoms with Gasteiger partial charge in [0, 0.05) is 18.4 Å². The fraction of sp³-hybridized carbons (Fsp3) is 0.889. The lowest BCUT2D eigenvalue weighted by Crippen LogP contribution is -2.42. The standard InChI is InChI=1S/C9H14F5NO/c1-7(2,3)6(16)15-5-4-8(10,11)9(12,13)14/h4-5H2,1-3H3,(H,15,16). The predicted molar refractivity (Wildman–Crippen MR) is 48.1 cm³/mol. The van der Waals surface area contributed by atoms with Gasteiger partial charge in [-0.15, -0.1) is 0 Å². The summed E-state index contributed by atoms with van der Waals surface area (Å²) in [6, 6.07) is 0. The molecule has 0 heterocycles. The molecule has 1 N–H and O–H groups in total. The summed E-state index contributed by atoms with van der Waals surface area (Å²) in [5, 5.41) is 2.03. The minimum absolute atomic E-state index is 0.564. The van der Waals surface area contributed by atoms with Crippen molar-refractivity contribution in [3.63, 3.8) is 0 Å². The van der Waals surface area contributed by atoms with Gasteiger partial charge < -0.3 is 5.32 Å². The summed E-state index contributed by atoms with van der Waals surface area (Å²) < 4.78 is 60.0. The van der Waals surface area contributed by atoms with Gasteiger partial charge in [0.1, 0.15) is 0 Å². The average molecular weight is 247 g/mol. The maximum Gasteiger partial charge on any atom is 0.453 e. The molecule has 1 amide bonds. The van der Waals surface area contributed by atoms with Gasteiger partial charge in [0.15, 0.2) is 0 Å². The van der Waals surface area contributed by atoms with Gasteiger partial charge in [0.05, 0.1) is 0 Å². The Labute approximate surface area is 90.2 Å².